The molecule has 8 nitrogen and oxygen atoms in total. The fraction of sp³-hybridized carbons (Fsp3) is 0.385. The highest BCUT2D eigenvalue weighted by Gasteiger charge is 2.19. The van der Waals surface area contributed by atoms with Crippen molar-refractivity contribution >= 4 is 21.7 Å². The summed E-state index contributed by atoms with van der Waals surface area (Å²) in [7, 11) is -3.45. The van der Waals surface area contributed by atoms with Crippen molar-refractivity contribution in [3.05, 3.63) is 36.0 Å². The molecule has 0 aliphatic heterocycles. The lowest BCUT2D eigenvalue weighted by atomic mass is 10.3. The summed E-state index contributed by atoms with van der Waals surface area (Å²) < 4.78 is 34.7. The van der Waals surface area contributed by atoms with Crippen molar-refractivity contribution in [1.82, 2.24) is 9.46 Å². The summed E-state index contributed by atoms with van der Waals surface area (Å²) in [4.78, 5) is 11.8. The molecule has 0 unspecified atom stereocenters. The van der Waals surface area contributed by atoms with Crippen LogP contribution in [-0.4, -0.2) is 36.6 Å². The summed E-state index contributed by atoms with van der Waals surface area (Å²) >= 11 is 0. The number of amides is 1. The number of nitrogens with one attached hydrogen (secondary N) is 1. The van der Waals surface area contributed by atoms with Crippen molar-refractivity contribution in [3.8, 4) is 0 Å². The lowest BCUT2D eigenvalue weighted by Gasteiger charge is -2.18. The zero-order valence-corrected chi connectivity index (χ0v) is 13.1. The molecule has 2 aromatic heterocycles. The van der Waals surface area contributed by atoms with Crippen LogP contribution in [0.3, 0.4) is 0 Å². The van der Waals surface area contributed by atoms with E-state index in [-0.39, 0.29) is 25.4 Å². The largest absolute Gasteiger partial charge is 0.468 e. The van der Waals surface area contributed by atoms with Gasteiger partial charge < -0.3 is 14.3 Å². The Balaban J connectivity index is 1.92. The fourth-order valence-corrected chi connectivity index (χ4v) is 2.58. The summed E-state index contributed by atoms with van der Waals surface area (Å²) in [6, 6.07) is 4.93. The van der Waals surface area contributed by atoms with Gasteiger partial charge in [0.15, 0.2) is 5.82 Å². The number of hydrogen-bond acceptors (Lipinski definition) is 6. The Kier molecular flexibility index (Phi) is 4.99. The van der Waals surface area contributed by atoms with Gasteiger partial charge in [0.2, 0.25) is 15.9 Å². The van der Waals surface area contributed by atoms with Gasteiger partial charge >= 0.3 is 0 Å². The van der Waals surface area contributed by atoms with Crippen molar-refractivity contribution < 1.29 is 22.2 Å². The minimum Gasteiger partial charge on any atom is -0.468 e. The van der Waals surface area contributed by atoms with Crippen molar-refractivity contribution in [2.45, 2.75) is 19.9 Å². The normalized spacial score (nSPS) is 11.8. The molecule has 1 amide bonds. The number of sulfonamides is 1. The van der Waals surface area contributed by atoms with E-state index < -0.39 is 10.0 Å². The van der Waals surface area contributed by atoms with E-state index in [2.05, 4.69) is 10.5 Å². The minimum absolute atomic E-state index is 0.000311. The Hall–Kier alpha value is -2.13. The van der Waals surface area contributed by atoms with Crippen LogP contribution in [0.2, 0.25) is 0 Å². The highest BCUT2D eigenvalue weighted by Crippen LogP contribution is 2.11. The number of anilines is 1. The van der Waals surface area contributed by atoms with Gasteiger partial charge in [-0.05, 0) is 19.1 Å². The van der Waals surface area contributed by atoms with Crippen molar-refractivity contribution in [1.29, 1.82) is 0 Å². The van der Waals surface area contributed by atoms with Crippen LogP contribution in [0.25, 0.3) is 0 Å². The molecule has 2 aromatic rings. The maximum absolute atomic E-state index is 11.8. The van der Waals surface area contributed by atoms with Crippen molar-refractivity contribution in [3.63, 3.8) is 0 Å². The van der Waals surface area contributed by atoms with Gasteiger partial charge in [0.1, 0.15) is 11.5 Å². The predicted octanol–water partition coefficient (Wildman–Crippen LogP) is 1.37. The number of aryl methyl sites for hydroxylation is 1. The Morgan fingerprint density at radius 1 is 1.45 bits per heavy atom. The molecule has 0 fully saturated rings. The van der Waals surface area contributed by atoms with Crippen LogP contribution in [0.1, 0.15) is 17.9 Å². The Bertz CT molecular complexity index is 721. The second kappa shape index (κ2) is 6.75. The fourth-order valence-electron chi connectivity index (χ4n) is 1.80. The van der Waals surface area contributed by atoms with E-state index in [1.54, 1.807) is 25.1 Å². The predicted molar refractivity (Wildman–Crippen MR) is 78.4 cm³/mol. The zero-order valence-electron chi connectivity index (χ0n) is 12.3. The smallest absolute Gasteiger partial charge is 0.226 e. The first kappa shape index (κ1) is 16.2. The van der Waals surface area contributed by atoms with Crippen molar-refractivity contribution in [2.24, 2.45) is 0 Å². The number of hydrogen-bond donors (Lipinski definition) is 1. The third kappa shape index (κ3) is 4.71. The van der Waals surface area contributed by atoms with Crippen LogP contribution < -0.4 is 5.32 Å². The highest BCUT2D eigenvalue weighted by molar-refractivity contribution is 7.88. The monoisotopic (exact) mass is 327 g/mol. The van der Waals surface area contributed by atoms with Gasteiger partial charge in [0, 0.05) is 19.0 Å². The second-order valence-corrected chi connectivity index (χ2v) is 6.78. The van der Waals surface area contributed by atoms with Crippen LogP contribution in [-0.2, 0) is 21.4 Å². The molecule has 0 radical (unpaired) electrons. The molecule has 0 aliphatic carbocycles. The van der Waals surface area contributed by atoms with Gasteiger partial charge in [-0.15, -0.1) is 0 Å². The Morgan fingerprint density at radius 2 is 2.23 bits per heavy atom. The minimum atomic E-state index is -3.45. The lowest BCUT2D eigenvalue weighted by molar-refractivity contribution is -0.116. The van der Waals surface area contributed by atoms with E-state index in [1.165, 1.54) is 10.6 Å². The third-order valence-electron chi connectivity index (χ3n) is 2.87. The SMILES string of the molecule is Cc1cc(NC(=O)CCN(Cc2ccco2)S(C)(=O)=O)no1. The highest BCUT2D eigenvalue weighted by atomic mass is 32.2. The lowest BCUT2D eigenvalue weighted by Crippen LogP contribution is -2.32. The van der Waals surface area contributed by atoms with E-state index in [1.807, 2.05) is 0 Å². The topological polar surface area (TPSA) is 106 Å². The molecule has 1 N–H and O–H groups in total. The second-order valence-electron chi connectivity index (χ2n) is 4.80. The van der Waals surface area contributed by atoms with Crippen LogP contribution in [0.5, 0.6) is 0 Å². The molecule has 0 saturated carbocycles. The molecule has 2 heterocycles. The van der Waals surface area contributed by atoms with Crippen LogP contribution in [0, 0.1) is 6.92 Å². The maximum atomic E-state index is 11.8. The quantitative estimate of drug-likeness (QED) is 0.823. The number of aromatic nitrogens is 1. The number of carbonyl (C=O) groups excluding carboxylic acids is 1. The molecule has 0 aromatic carbocycles. The summed E-state index contributed by atoms with van der Waals surface area (Å²) in [6.07, 6.45) is 2.56. The first-order valence-corrected chi connectivity index (χ1v) is 8.40. The molecule has 0 spiro atoms. The van der Waals surface area contributed by atoms with Gasteiger partial charge in [-0.3, -0.25) is 4.79 Å². The molecule has 0 atom stereocenters. The van der Waals surface area contributed by atoms with Gasteiger partial charge in [-0.2, -0.15) is 4.31 Å². The number of carbonyl (C=O) groups is 1. The van der Waals surface area contributed by atoms with Gasteiger partial charge in [0.05, 0.1) is 19.1 Å². The molecule has 2 rings (SSSR count). The number of nitrogens with zero attached hydrogens (tertiary/aromatic N) is 2. The standard InChI is InChI=1S/C13H17N3O5S/c1-10-8-12(15-21-10)14-13(17)5-6-16(22(2,18)19)9-11-4-3-7-20-11/h3-4,7-8H,5-6,9H2,1-2H3,(H,14,15,17). The maximum Gasteiger partial charge on any atom is 0.226 e. The average molecular weight is 327 g/mol. The summed E-state index contributed by atoms with van der Waals surface area (Å²) in [5.74, 6) is 1.05. The van der Waals surface area contributed by atoms with Crippen molar-refractivity contribution in [2.75, 3.05) is 18.1 Å². The van der Waals surface area contributed by atoms with Gasteiger partial charge in [0.25, 0.3) is 0 Å². The van der Waals surface area contributed by atoms with E-state index in [0.29, 0.717) is 17.3 Å². The van der Waals surface area contributed by atoms with Gasteiger partial charge in [-0.25, -0.2) is 8.42 Å². The number of furan rings is 1. The number of rotatable bonds is 7. The van der Waals surface area contributed by atoms with E-state index >= 15 is 0 Å². The van der Waals surface area contributed by atoms with Crippen LogP contribution in [0.4, 0.5) is 5.82 Å². The molecule has 9 heteroatoms. The molecule has 0 aliphatic rings. The summed E-state index contributed by atoms with van der Waals surface area (Å²) in [5, 5.41) is 6.18. The Labute approximate surface area is 128 Å². The Morgan fingerprint density at radius 3 is 2.77 bits per heavy atom. The molecule has 120 valence electrons. The van der Waals surface area contributed by atoms with E-state index in [9.17, 15) is 13.2 Å². The third-order valence-corrected chi connectivity index (χ3v) is 4.11. The van der Waals surface area contributed by atoms with E-state index in [4.69, 9.17) is 8.94 Å². The molecular weight excluding hydrogens is 310 g/mol. The molecule has 0 saturated heterocycles. The van der Waals surface area contributed by atoms with E-state index in [0.717, 1.165) is 6.26 Å². The first-order chi connectivity index (χ1) is 10.3. The molecular formula is C13H17N3O5S. The average Bonchev–Trinajstić information content (AvgIpc) is 3.05. The first-order valence-electron chi connectivity index (χ1n) is 6.55. The van der Waals surface area contributed by atoms with Gasteiger partial charge in [-0.1, -0.05) is 5.16 Å². The summed E-state index contributed by atoms with van der Waals surface area (Å²) in [5.41, 5.74) is 0. The molecule has 0 bridgehead atoms. The summed E-state index contributed by atoms with van der Waals surface area (Å²) in [6.45, 7) is 1.84. The van der Waals surface area contributed by atoms with Crippen LogP contribution in [0.15, 0.2) is 33.4 Å². The zero-order chi connectivity index (χ0) is 16.2. The van der Waals surface area contributed by atoms with Crippen LogP contribution >= 0.6 is 0 Å². The molecule has 22 heavy (non-hydrogen) atoms.